The van der Waals surface area contributed by atoms with Gasteiger partial charge in [0.05, 0.1) is 72.5 Å². The Labute approximate surface area is 213 Å². The van der Waals surface area contributed by atoms with Crippen molar-refractivity contribution in [1.82, 2.24) is 14.1 Å². The molecule has 1 aliphatic carbocycles. The number of benzene rings is 1. The minimum absolute atomic E-state index is 0.454. The zero-order valence-electron chi connectivity index (χ0n) is 22.1. The molecule has 0 radical (unpaired) electrons. The molecule has 2 fully saturated rings. The Hall–Kier alpha value is -2.97. The number of quaternary nitrogens is 1. The number of aromatic nitrogens is 2. The lowest BCUT2D eigenvalue weighted by molar-refractivity contribution is 0.0353. The van der Waals surface area contributed by atoms with E-state index in [4.69, 9.17) is 28.8 Å². The highest BCUT2D eigenvalue weighted by Crippen LogP contribution is 2.46. The van der Waals surface area contributed by atoms with E-state index in [0.29, 0.717) is 29.2 Å². The first kappa shape index (κ1) is 24.7. The van der Waals surface area contributed by atoms with E-state index in [1.807, 2.05) is 22.7 Å². The van der Waals surface area contributed by atoms with Gasteiger partial charge in [-0.2, -0.15) is 0 Å². The second kappa shape index (κ2) is 10.2. The number of rotatable bonds is 9. The lowest BCUT2D eigenvalue weighted by Crippen LogP contribution is -2.58. The Balaban J connectivity index is 1.73. The Morgan fingerprint density at radius 2 is 1.64 bits per heavy atom. The molecule has 1 unspecified atom stereocenters. The number of methoxy groups -OCH3 is 4. The largest absolute Gasteiger partial charge is 0.496 e. The second-order valence-corrected chi connectivity index (χ2v) is 10.1. The molecule has 2 aliphatic rings. The highest BCUT2D eigenvalue weighted by Gasteiger charge is 2.44. The predicted molar refractivity (Wildman–Crippen MR) is 141 cm³/mol. The average Bonchev–Trinajstić information content (AvgIpc) is 3.30. The van der Waals surface area contributed by atoms with Crippen molar-refractivity contribution < 1.29 is 23.7 Å². The van der Waals surface area contributed by atoms with Crippen LogP contribution in [0.15, 0.2) is 30.3 Å². The third-order valence-electron chi connectivity index (χ3n) is 8.13. The van der Waals surface area contributed by atoms with E-state index in [-0.39, 0.29) is 0 Å². The molecule has 194 valence electrons. The Kier molecular flexibility index (Phi) is 6.99. The van der Waals surface area contributed by atoms with Gasteiger partial charge in [0.15, 0.2) is 0 Å². The maximum Gasteiger partial charge on any atom is 0.296 e. The lowest BCUT2D eigenvalue weighted by Gasteiger charge is -2.45. The van der Waals surface area contributed by atoms with E-state index in [1.165, 1.54) is 19.3 Å². The van der Waals surface area contributed by atoms with Crippen LogP contribution in [-0.2, 0) is 4.74 Å². The average molecular weight is 497 g/mol. The molecule has 36 heavy (non-hydrogen) atoms. The fourth-order valence-corrected chi connectivity index (χ4v) is 5.99. The summed E-state index contributed by atoms with van der Waals surface area (Å²) in [4.78, 5) is 0. The zero-order chi connectivity index (χ0) is 25.3. The van der Waals surface area contributed by atoms with Crippen molar-refractivity contribution in [2.75, 3.05) is 55.2 Å². The van der Waals surface area contributed by atoms with Crippen LogP contribution in [-0.4, -0.2) is 70.9 Å². The SMILES string of the molecule is COc1cc(OC)c(-c2cccc3c([N+](C)(CC4CCC4)C4CCOCC4)c(OC)nn23)c(OC)c1. The molecule has 1 aromatic carbocycles. The van der Waals surface area contributed by atoms with E-state index in [9.17, 15) is 0 Å². The molecule has 5 rings (SSSR count). The molecule has 1 saturated carbocycles. The third-order valence-corrected chi connectivity index (χ3v) is 8.13. The molecule has 8 nitrogen and oxygen atoms in total. The topological polar surface area (TPSA) is 63.5 Å². The quantitative estimate of drug-likeness (QED) is 0.391. The summed E-state index contributed by atoms with van der Waals surface area (Å²) in [6.07, 6.45) is 5.98. The molecule has 2 aromatic heterocycles. The van der Waals surface area contributed by atoms with Crippen LogP contribution >= 0.6 is 0 Å². The molecule has 1 atom stereocenters. The van der Waals surface area contributed by atoms with Crippen molar-refractivity contribution in [3.05, 3.63) is 30.3 Å². The molecule has 1 saturated heterocycles. The molecule has 3 aromatic rings. The molecule has 0 spiro atoms. The van der Waals surface area contributed by atoms with Crippen molar-refractivity contribution in [1.29, 1.82) is 0 Å². The lowest BCUT2D eigenvalue weighted by atomic mass is 9.83. The molecule has 8 heteroatoms. The number of ether oxygens (including phenoxy) is 5. The standard InChI is InChI=1S/C28H38N3O5/c1-31(18-19-8-6-9-19,20-12-14-36-15-13-20)27-23-11-7-10-22(30(23)29-28(27)35-5)26-24(33-3)16-21(32-2)17-25(26)34-4/h7,10-11,16-17,19-20H,6,8-9,12-15,18H2,1-5H3/q+1. The summed E-state index contributed by atoms with van der Waals surface area (Å²) in [5, 5.41) is 5.02. The van der Waals surface area contributed by atoms with Crippen LogP contribution in [0, 0.1) is 5.92 Å². The first-order chi connectivity index (χ1) is 17.5. The summed E-state index contributed by atoms with van der Waals surface area (Å²) in [5.74, 6) is 3.38. The highest BCUT2D eigenvalue weighted by molar-refractivity contribution is 5.83. The van der Waals surface area contributed by atoms with Crippen molar-refractivity contribution in [2.24, 2.45) is 5.92 Å². The van der Waals surface area contributed by atoms with E-state index < -0.39 is 0 Å². The fraction of sp³-hybridized carbons (Fsp3) is 0.536. The van der Waals surface area contributed by atoms with Crippen LogP contribution < -0.4 is 23.4 Å². The van der Waals surface area contributed by atoms with Gasteiger partial charge in [-0.15, -0.1) is 5.10 Å². The first-order valence-electron chi connectivity index (χ1n) is 12.8. The molecule has 3 heterocycles. The number of pyridine rings is 1. The number of fused-ring (bicyclic) bond motifs is 1. The fourth-order valence-electron chi connectivity index (χ4n) is 5.99. The Bertz CT molecular complexity index is 1190. The van der Waals surface area contributed by atoms with Crippen molar-refractivity contribution in [3.63, 3.8) is 0 Å². The van der Waals surface area contributed by atoms with Gasteiger partial charge in [-0.3, -0.25) is 4.48 Å². The van der Waals surface area contributed by atoms with Gasteiger partial charge in [0, 0.05) is 30.9 Å². The minimum Gasteiger partial charge on any atom is -0.496 e. The molecule has 0 bridgehead atoms. The van der Waals surface area contributed by atoms with Crippen LogP contribution in [0.2, 0.25) is 0 Å². The molecule has 1 aliphatic heterocycles. The van der Waals surface area contributed by atoms with Crippen LogP contribution in [0.1, 0.15) is 32.1 Å². The van der Waals surface area contributed by atoms with E-state index in [1.54, 1.807) is 28.4 Å². The number of nitrogens with zero attached hydrogens (tertiary/aromatic N) is 3. The zero-order valence-corrected chi connectivity index (χ0v) is 22.1. The second-order valence-electron chi connectivity index (χ2n) is 10.1. The van der Waals surface area contributed by atoms with Gasteiger partial charge in [-0.05, 0) is 25.0 Å². The van der Waals surface area contributed by atoms with Gasteiger partial charge in [0.1, 0.15) is 22.8 Å². The van der Waals surface area contributed by atoms with Gasteiger partial charge in [0.2, 0.25) is 5.69 Å². The summed E-state index contributed by atoms with van der Waals surface area (Å²) in [6.45, 7) is 2.69. The normalized spacial score (nSPS) is 18.5. The third kappa shape index (κ3) is 4.16. The minimum atomic E-state index is 0.454. The van der Waals surface area contributed by atoms with Crippen molar-refractivity contribution in [2.45, 2.75) is 38.1 Å². The number of hydrogen-bond donors (Lipinski definition) is 0. The maximum absolute atomic E-state index is 5.98. The van der Waals surface area contributed by atoms with Gasteiger partial charge >= 0.3 is 0 Å². The first-order valence-corrected chi connectivity index (χ1v) is 12.8. The summed E-state index contributed by atoms with van der Waals surface area (Å²) in [6, 6.07) is 10.5. The van der Waals surface area contributed by atoms with Crippen molar-refractivity contribution >= 4 is 11.2 Å². The van der Waals surface area contributed by atoms with Crippen molar-refractivity contribution in [3.8, 4) is 34.4 Å². The van der Waals surface area contributed by atoms with Gasteiger partial charge in [0.25, 0.3) is 5.88 Å². The van der Waals surface area contributed by atoms with Gasteiger partial charge in [-0.1, -0.05) is 12.5 Å². The number of hydrogen-bond acceptors (Lipinski definition) is 6. The van der Waals surface area contributed by atoms with Crippen LogP contribution in [0.5, 0.6) is 23.1 Å². The Morgan fingerprint density at radius 1 is 0.944 bits per heavy atom. The molecule has 0 N–H and O–H groups in total. The maximum atomic E-state index is 5.98. The Morgan fingerprint density at radius 3 is 2.19 bits per heavy atom. The van der Waals surface area contributed by atoms with Crippen LogP contribution in [0.4, 0.5) is 5.69 Å². The summed E-state index contributed by atoms with van der Waals surface area (Å²) in [7, 11) is 9.04. The van der Waals surface area contributed by atoms with Gasteiger partial charge in [-0.25, -0.2) is 4.52 Å². The molecule has 0 amide bonds. The van der Waals surface area contributed by atoms with E-state index in [2.05, 4.69) is 19.2 Å². The summed E-state index contributed by atoms with van der Waals surface area (Å²) >= 11 is 0. The van der Waals surface area contributed by atoms with E-state index >= 15 is 0 Å². The van der Waals surface area contributed by atoms with Crippen LogP contribution in [0.3, 0.4) is 0 Å². The van der Waals surface area contributed by atoms with E-state index in [0.717, 1.165) is 65.5 Å². The smallest absolute Gasteiger partial charge is 0.296 e. The highest BCUT2D eigenvalue weighted by atomic mass is 16.5. The van der Waals surface area contributed by atoms with Crippen LogP contribution in [0.25, 0.3) is 16.8 Å². The summed E-state index contributed by atoms with van der Waals surface area (Å²) in [5.41, 5.74) is 3.88. The van der Waals surface area contributed by atoms with Gasteiger partial charge < -0.3 is 23.7 Å². The predicted octanol–water partition coefficient (Wildman–Crippen LogP) is 4.95. The monoisotopic (exact) mass is 496 g/mol. The summed E-state index contributed by atoms with van der Waals surface area (Å²) < 4.78 is 31.6. The molecular formula is C28H38N3O5+. The molecular weight excluding hydrogens is 458 g/mol.